The van der Waals surface area contributed by atoms with Gasteiger partial charge in [0.25, 0.3) is 11.1 Å². The van der Waals surface area contributed by atoms with Gasteiger partial charge < -0.3 is 9.30 Å². The fourth-order valence-corrected chi connectivity index (χ4v) is 5.38. The van der Waals surface area contributed by atoms with Gasteiger partial charge in [-0.1, -0.05) is 56.3 Å². The monoisotopic (exact) mass is 502 g/mol. The summed E-state index contributed by atoms with van der Waals surface area (Å²) >= 11 is 1.00. The van der Waals surface area contributed by atoms with Gasteiger partial charge in [0.1, 0.15) is 12.4 Å². The predicted molar refractivity (Wildman–Crippen MR) is 147 cm³/mol. The van der Waals surface area contributed by atoms with Crippen molar-refractivity contribution < 1.29 is 14.3 Å². The van der Waals surface area contributed by atoms with E-state index in [0.29, 0.717) is 10.8 Å². The first-order valence-corrected chi connectivity index (χ1v) is 13.3. The Bertz CT molecular complexity index is 1290. The molecule has 36 heavy (non-hydrogen) atoms. The fraction of sp³-hybridized carbons (Fsp3) is 0.333. The van der Waals surface area contributed by atoms with E-state index in [-0.39, 0.29) is 24.3 Å². The molecule has 0 N–H and O–H groups in total. The maximum atomic E-state index is 13.1. The summed E-state index contributed by atoms with van der Waals surface area (Å²) < 4.78 is 8.28. The van der Waals surface area contributed by atoms with E-state index in [2.05, 4.69) is 74.7 Å². The Morgan fingerprint density at radius 3 is 2.44 bits per heavy atom. The number of amides is 2. The maximum absolute atomic E-state index is 13.1. The average Bonchev–Trinajstić information content (AvgIpc) is 3.26. The molecule has 4 rings (SSSR count). The highest BCUT2D eigenvalue weighted by Gasteiger charge is 2.35. The van der Waals surface area contributed by atoms with Crippen LogP contribution in [-0.2, 0) is 17.8 Å². The van der Waals surface area contributed by atoms with Crippen LogP contribution in [0.15, 0.2) is 59.5 Å². The Balaban J connectivity index is 1.42. The Morgan fingerprint density at radius 1 is 0.972 bits per heavy atom. The molecule has 5 nitrogen and oxygen atoms in total. The molecule has 1 fully saturated rings. The minimum Gasteiger partial charge on any atom is -0.491 e. The second kappa shape index (κ2) is 11.2. The average molecular weight is 503 g/mol. The van der Waals surface area contributed by atoms with Gasteiger partial charge in [-0.2, -0.15) is 0 Å². The summed E-state index contributed by atoms with van der Waals surface area (Å²) in [6.45, 7) is 11.8. The lowest BCUT2D eigenvalue weighted by Crippen LogP contribution is -2.32. The Hall–Kier alpha value is -3.25. The van der Waals surface area contributed by atoms with Gasteiger partial charge in [0, 0.05) is 17.9 Å². The summed E-state index contributed by atoms with van der Waals surface area (Å²) in [7, 11) is 0. The molecule has 0 bridgehead atoms. The number of imide groups is 1. The summed E-state index contributed by atoms with van der Waals surface area (Å²) in [5, 5.41) is -0.249. The van der Waals surface area contributed by atoms with Crippen molar-refractivity contribution in [1.82, 2.24) is 9.47 Å². The second-order valence-corrected chi connectivity index (χ2v) is 10.6. The molecule has 0 saturated carbocycles. The van der Waals surface area contributed by atoms with Crippen molar-refractivity contribution in [3.63, 3.8) is 0 Å². The van der Waals surface area contributed by atoms with E-state index in [1.807, 2.05) is 25.1 Å². The molecule has 2 amide bonds. The quantitative estimate of drug-likeness (QED) is 0.299. The van der Waals surface area contributed by atoms with Crippen LogP contribution in [0.3, 0.4) is 0 Å². The number of benzene rings is 2. The van der Waals surface area contributed by atoms with E-state index in [0.717, 1.165) is 58.6 Å². The molecule has 0 unspecified atom stereocenters. The molecule has 3 aromatic rings. The van der Waals surface area contributed by atoms with Crippen LogP contribution < -0.4 is 4.74 Å². The first kappa shape index (κ1) is 25.8. The molecular formula is C30H34N2O3S. The third-order valence-corrected chi connectivity index (χ3v) is 7.51. The smallest absolute Gasteiger partial charge is 0.293 e. The van der Waals surface area contributed by atoms with Gasteiger partial charge in [-0.15, -0.1) is 0 Å². The third kappa shape index (κ3) is 5.76. The minimum absolute atomic E-state index is 0.226. The molecular weight excluding hydrogens is 468 g/mol. The van der Waals surface area contributed by atoms with Gasteiger partial charge >= 0.3 is 0 Å². The number of carbonyl (C=O) groups is 2. The van der Waals surface area contributed by atoms with Crippen LogP contribution in [0.25, 0.3) is 6.08 Å². The molecule has 188 valence electrons. The second-order valence-electron chi connectivity index (χ2n) is 9.59. The van der Waals surface area contributed by atoms with Crippen LogP contribution in [0.5, 0.6) is 5.75 Å². The normalized spacial score (nSPS) is 14.9. The number of ether oxygens (including phenoxy) is 1. The molecule has 0 spiro atoms. The zero-order valence-corrected chi connectivity index (χ0v) is 22.5. The van der Waals surface area contributed by atoms with Crippen molar-refractivity contribution in [3.05, 3.63) is 93.1 Å². The Labute approximate surface area is 218 Å². The summed E-state index contributed by atoms with van der Waals surface area (Å²) in [6, 6.07) is 18.7. The van der Waals surface area contributed by atoms with Gasteiger partial charge in [0.15, 0.2) is 0 Å². The van der Waals surface area contributed by atoms with Crippen molar-refractivity contribution in [2.24, 2.45) is 0 Å². The van der Waals surface area contributed by atoms with Gasteiger partial charge in [-0.05, 0) is 85.3 Å². The summed E-state index contributed by atoms with van der Waals surface area (Å²) in [5.74, 6) is 0.888. The van der Waals surface area contributed by atoms with Crippen molar-refractivity contribution in [2.75, 3.05) is 13.2 Å². The maximum Gasteiger partial charge on any atom is 0.293 e. The van der Waals surface area contributed by atoms with Crippen LogP contribution in [0.4, 0.5) is 4.79 Å². The lowest BCUT2D eigenvalue weighted by atomic mass is 10.0. The van der Waals surface area contributed by atoms with E-state index in [9.17, 15) is 9.59 Å². The van der Waals surface area contributed by atoms with Crippen LogP contribution >= 0.6 is 11.8 Å². The zero-order valence-electron chi connectivity index (χ0n) is 21.7. The van der Waals surface area contributed by atoms with E-state index in [4.69, 9.17) is 4.74 Å². The molecule has 6 heteroatoms. The number of thioether (sulfide) groups is 1. The number of aryl methyl sites for hydroxylation is 3. The Kier molecular flexibility index (Phi) is 8.04. The van der Waals surface area contributed by atoms with Gasteiger partial charge in [0.05, 0.1) is 11.4 Å². The van der Waals surface area contributed by atoms with E-state index >= 15 is 0 Å². The standard InChI is InChI=1S/C30H34N2O3S/c1-20(2)26-12-11-21(3)17-27(26)35-16-15-32-29(33)28(36-30(32)34)19-25-18-22(4)31(23(25)5)14-13-24-9-7-6-8-10-24/h6-12,17-20H,13-16H2,1-5H3/b28-19-. The van der Waals surface area contributed by atoms with E-state index in [1.165, 1.54) is 10.5 Å². The number of hydrogen-bond donors (Lipinski definition) is 0. The Morgan fingerprint density at radius 2 is 1.72 bits per heavy atom. The SMILES string of the molecule is Cc1ccc(C(C)C)c(OCCN2C(=O)S/C(=C\c3cc(C)n(CCc4ccccc4)c3C)C2=O)c1. The summed E-state index contributed by atoms with van der Waals surface area (Å²) in [5.41, 5.74) is 6.74. The highest BCUT2D eigenvalue weighted by molar-refractivity contribution is 8.18. The number of carbonyl (C=O) groups excluding carboxylic acids is 2. The minimum atomic E-state index is -0.254. The van der Waals surface area contributed by atoms with E-state index in [1.54, 1.807) is 0 Å². The zero-order chi connectivity index (χ0) is 25.8. The topological polar surface area (TPSA) is 51.5 Å². The molecule has 1 aliphatic heterocycles. The molecule has 2 aromatic carbocycles. The largest absolute Gasteiger partial charge is 0.491 e. The third-order valence-electron chi connectivity index (χ3n) is 6.60. The van der Waals surface area contributed by atoms with Gasteiger partial charge in [-0.3, -0.25) is 14.5 Å². The highest BCUT2D eigenvalue weighted by Crippen LogP contribution is 2.33. The lowest BCUT2D eigenvalue weighted by Gasteiger charge is -2.17. The first-order valence-electron chi connectivity index (χ1n) is 12.4. The first-order chi connectivity index (χ1) is 17.2. The number of nitrogens with zero attached hydrogens (tertiary/aromatic N) is 2. The van der Waals surface area contributed by atoms with Gasteiger partial charge in [0.2, 0.25) is 0 Å². The van der Waals surface area contributed by atoms with E-state index < -0.39 is 0 Å². The van der Waals surface area contributed by atoms with Crippen molar-refractivity contribution in [2.45, 2.75) is 53.5 Å². The van der Waals surface area contributed by atoms with Crippen molar-refractivity contribution in [1.29, 1.82) is 0 Å². The van der Waals surface area contributed by atoms with Crippen LogP contribution in [0, 0.1) is 20.8 Å². The molecule has 0 radical (unpaired) electrons. The summed E-state index contributed by atoms with van der Waals surface area (Å²) in [4.78, 5) is 27.4. The number of hydrogen-bond acceptors (Lipinski definition) is 4. The molecule has 1 aromatic heterocycles. The van der Waals surface area contributed by atoms with Crippen LogP contribution in [0.2, 0.25) is 0 Å². The molecule has 0 aliphatic carbocycles. The van der Waals surface area contributed by atoms with Crippen molar-refractivity contribution in [3.8, 4) is 5.75 Å². The number of aromatic nitrogens is 1. The lowest BCUT2D eigenvalue weighted by molar-refractivity contribution is -0.123. The molecule has 1 saturated heterocycles. The molecule has 0 atom stereocenters. The fourth-order valence-electron chi connectivity index (χ4n) is 4.53. The van der Waals surface area contributed by atoms with Crippen LogP contribution in [0.1, 0.15) is 53.4 Å². The summed E-state index contributed by atoms with van der Waals surface area (Å²) in [6.07, 6.45) is 2.79. The predicted octanol–water partition coefficient (Wildman–Crippen LogP) is 6.89. The van der Waals surface area contributed by atoms with Crippen LogP contribution in [-0.4, -0.2) is 33.8 Å². The highest BCUT2D eigenvalue weighted by atomic mass is 32.2. The van der Waals surface area contributed by atoms with Crippen molar-refractivity contribution >= 4 is 29.0 Å². The van der Waals surface area contributed by atoms with Gasteiger partial charge in [-0.25, -0.2) is 0 Å². The number of rotatable bonds is 9. The molecule has 2 heterocycles. The molecule has 1 aliphatic rings.